The summed E-state index contributed by atoms with van der Waals surface area (Å²) < 4.78 is 14.9. The van der Waals surface area contributed by atoms with Crippen LogP contribution in [-0.4, -0.2) is 29.4 Å². The van der Waals surface area contributed by atoms with E-state index in [1.54, 1.807) is 23.1 Å². The molecule has 0 radical (unpaired) electrons. The maximum absolute atomic E-state index is 13.3. The molecule has 1 atom stereocenters. The maximum atomic E-state index is 13.3. The highest BCUT2D eigenvalue weighted by Crippen LogP contribution is 2.27. The Balaban J connectivity index is 1.88. The van der Waals surface area contributed by atoms with Gasteiger partial charge in [0.15, 0.2) is 0 Å². The summed E-state index contributed by atoms with van der Waals surface area (Å²) in [5.74, 6) is -0.307. The monoisotopic (exact) mass is 355 g/mol. The van der Waals surface area contributed by atoms with Crippen molar-refractivity contribution in [2.24, 2.45) is 0 Å². The minimum Gasteiger partial charge on any atom is -0.384 e. The lowest BCUT2D eigenvalue weighted by molar-refractivity contribution is 0.0347. The Kier molecular flexibility index (Phi) is 5.10. The van der Waals surface area contributed by atoms with Crippen LogP contribution in [0.2, 0.25) is 6.04 Å². The van der Waals surface area contributed by atoms with E-state index >= 15 is 0 Å². The molecule has 0 saturated carbocycles. The number of benzene rings is 2. The van der Waals surface area contributed by atoms with Crippen LogP contribution >= 0.6 is 0 Å². The Labute approximate surface area is 149 Å². The third-order valence-corrected chi connectivity index (χ3v) is 7.18. The van der Waals surface area contributed by atoms with E-state index in [4.69, 9.17) is 0 Å². The van der Waals surface area contributed by atoms with Crippen molar-refractivity contribution >= 4 is 14.7 Å². The van der Waals surface area contributed by atoms with Gasteiger partial charge in [0.2, 0.25) is 0 Å². The molecule has 0 amide bonds. The fraction of sp³-hybridized carbons (Fsp3) is 0.263. The number of aliphatic hydroxyl groups is 1. The second-order valence-electron chi connectivity index (χ2n) is 6.49. The van der Waals surface area contributed by atoms with E-state index in [0.717, 1.165) is 0 Å². The summed E-state index contributed by atoms with van der Waals surface area (Å²) in [7, 11) is -0.724. The zero-order chi connectivity index (χ0) is 17.9. The van der Waals surface area contributed by atoms with E-state index in [-0.39, 0.29) is 5.82 Å². The molecule has 1 N–H and O–H groups in total. The maximum Gasteiger partial charge on any atom is 0.137 e. The Morgan fingerprint density at radius 3 is 2.60 bits per heavy atom. The molecular weight excluding hydrogens is 333 g/mol. The van der Waals surface area contributed by atoms with Gasteiger partial charge in [-0.05, 0) is 48.7 Å². The first-order chi connectivity index (χ1) is 12.0. The fourth-order valence-electron chi connectivity index (χ4n) is 3.08. The molecule has 1 aromatic heterocycles. The van der Waals surface area contributed by atoms with Gasteiger partial charge in [-0.2, -0.15) is 5.10 Å². The van der Waals surface area contributed by atoms with E-state index in [2.05, 4.69) is 42.1 Å². The zero-order valence-corrected chi connectivity index (χ0v) is 15.9. The van der Waals surface area contributed by atoms with Crippen LogP contribution in [-0.2, 0) is 12.1 Å². The van der Waals surface area contributed by atoms with Crippen LogP contribution in [0.1, 0.15) is 16.7 Å². The van der Waals surface area contributed by atoms with Gasteiger partial charge < -0.3 is 5.11 Å². The molecule has 0 aliphatic heterocycles. The van der Waals surface area contributed by atoms with Crippen molar-refractivity contribution in [3.05, 3.63) is 77.6 Å². The highest BCUT2D eigenvalue weighted by atomic mass is 28.2. The first-order valence-corrected chi connectivity index (χ1v) is 10.0. The molecule has 0 aliphatic rings. The normalized spacial score (nSPS) is 14.1. The number of hydrogen-bond acceptors (Lipinski definition) is 3. The van der Waals surface area contributed by atoms with Crippen LogP contribution in [0.25, 0.3) is 0 Å². The van der Waals surface area contributed by atoms with Gasteiger partial charge in [0.25, 0.3) is 0 Å². The topological polar surface area (TPSA) is 50.9 Å². The quantitative estimate of drug-likeness (QED) is 0.687. The predicted octanol–water partition coefficient (Wildman–Crippen LogP) is 1.83. The Bertz CT molecular complexity index is 836. The molecule has 2 aromatic carbocycles. The Morgan fingerprint density at radius 2 is 1.92 bits per heavy atom. The van der Waals surface area contributed by atoms with Crippen LogP contribution in [0.15, 0.2) is 55.1 Å². The van der Waals surface area contributed by atoms with Crippen molar-refractivity contribution in [1.82, 2.24) is 14.8 Å². The van der Waals surface area contributed by atoms with Crippen molar-refractivity contribution in [1.29, 1.82) is 0 Å². The standard InChI is InChI=1S/C19H22FN3OSi/c1-14-4-3-5-18(15(14)2)25-11-19(24,10-23-13-21-12-22-23)16-6-8-17(20)9-7-16/h3-9,12-13,24H,10-11,25H2,1-2H3. The van der Waals surface area contributed by atoms with E-state index in [1.807, 2.05) is 0 Å². The Morgan fingerprint density at radius 1 is 1.16 bits per heavy atom. The van der Waals surface area contributed by atoms with Gasteiger partial charge >= 0.3 is 0 Å². The molecule has 0 aliphatic carbocycles. The smallest absolute Gasteiger partial charge is 0.137 e. The van der Waals surface area contributed by atoms with Crippen molar-refractivity contribution in [2.75, 3.05) is 0 Å². The van der Waals surface area contributed by atoms with Gasteiger partial charge in [0.05, 0.1) is 16.1 Å². The number of nitrogens with zero attached hydrogens (tertiary/aromatic N) is 3. The molecule has 0 bridgehead atoms. The molecule has 0 fully saturated rings. The third-order valence-electron chi connectivity index (χ3n) is 4.80. The van der Waals surface area contributed by atoms with Crippen LogP contribution in [0, 0.1) is 19.7 Å². The van der Waals surface area contributed by atoms with Gasteiger partial charge in [-0.3, -0.25) is 0 Å². The Hall–Kier alpha value is -2.31. The largest absolute Gasteiger partial charge is 0.384 e. The lowest BCUT2D eigenvalue weighted by atomic mass is 9.96. The summed E-state index contributed by atoms with van der Waals surface area (Å²) in [6, 6.07) is 13.1. The molecule has 1 heterocycles. The molecule has 6 heteroatoms. The molecule has 1 unspecified atom stereocenters. The van der Waals surface area contributed by atoms with Crippen LogP contribution < -0.4 is 5.19 Å². The van der Waals surface area contributed by atoms with E-state index < -0.39 is 15.1 Å². The van der Waals surface area contributed by atoms with Crippen LogP contribution in [0.4, 0.5) is 4.39 Å². The molecule has 3 rings (SSSR count). The molecule has 0 spiro atoms. The number of aryl methyl sites for hydroxylation is 1. The molecule has 130 valence electrons. The summed E-state index contributed by atoms with van der Waals surface area (Å²) in [6.45, 7) is 4.54. The SMILES string of the molecule is Cc1cccc([SiH2]CC(O)(Cn2cncn2)c2ccc(F)cc2)c1C. The molecule has 25 heavy (non-hydrogen) atoms. The van der Waals surface area contributed by atoms with Crippen LogP contribution in [0.3, 0.4) is 0 Å². The first-order valence-electron chi connectivity index (χ1n) is 8.34. The predicted molar refractivity (Wildman–Crippen MR) is 99.2 cm³/mol. The number of aromatic nitrogens is 3. The van der Waals surface area contributed by atoms with E-state index in [1.165, 1.54) is 34.8 Å². The summed E-state index contributed by atoms with van der Waals surface area (Å²) in [6.07, 6.45) is 3.04. The second-order valence-corrected chi connectivity index (χ2v) is 8.25. The van der Waals surface area contributed by atoms with Crippen molar-refractivity contribution in [3.8, 4) is 0 Å². The molecule has 4 nitrogen and oxygen atoms in total. The second kappa shape index (κ2) is 7.29. The minimum absolute atomic E-state index is 0.302. The van der Waals surface area contributed by atoms with E-state index in [0.29, 0.717) is 18.2 Å². The summed E-state index contributed by atoms with van der Waals surface area (Å²) >= 11 is 0. The average molecular weight is 355 g/mol. The first kappa shape index (κ1) is 17.5. The van der Waals surface area contributed by atoms with Gasteiger partial charge in [-0.15, -0.1) is 0 Å². The van der Waals surface area contributed by atoms with Crippen molar-refractivity contribution in [3.63, 3.8) is 0 Å². The third kappa shape index (κ3) is 4.03. The highest BCUT2D eigenvalue weighted by molar-refractivity contribution is 6.54. The van der Waals surface area contributed by atoms with Gasteiger partial charge in [0.1, 0.15) is 24.1 Å². The molecule has 0 saturated heterocycles. The summed E-state index contributed by atoms with van der Waals surface area (Å²) in [5, 5.41) is 16.9. The minimum atomic E-state index is -1.09. The number of hydrogen-bond donors (Lipinski definition) is 1. The molecular formula is C19H22FN3OSi. The van der Waals surface area contributed by atoms with Crippen molar-refractivity contribution in [2.45, 2.75) is 32.0 Å². The van der Waals surface area contributed by atoms with Crippen molar-refractivity contribution < 1.29 is 9.50 Å². The van der Waals surface area contributed by atoms with Gasteiger partial charge in [-0.25, -0.2) is 14.1 Å². The fourth-order valence-corrected chi connectivity index (χ4v) is 5.17. The molecule has 3 aromatic rings. The van der Waals surface area contributed by atoms with Gasteiger partial charge in [0, 0.05) is 0 Å². The lowest BCUT2D eigenvalue weighted by Crippen LogP contribution is -2.36. The van der Waals surface area contributed by atoms with Gasteiger partial charge in [-0.1, -0.05) is 35.5 Å². The zero-order valence-electron chi connectivity index (χ0n) is 14.5. The number of halogens is 1. The average Bonchev–Trinajstić information content (AvgIpc) is 3.09. The summed E-state index contributed by atoms with van der Waals surface area (Å²) in [4.78, 5) is 3.95. The summed E-state index contributed by atoms with van der Waals surface area (Å²) in [5.41, 5.74) is 2.19. The highest BCUT2D eigenvalue weighted by Gasteiger charge is 2.30. The van der Waals surface area contributed by atoms with Crippen LogP contribution in [0.5, 0.6) is 0 Å². The lowest BCUT2D eigenvalue weighted by Gasteiger charge is -2.29. The van der Waals surface area contributed by atoms with E-state index in [9.17, 15) is 9.50 Å². The number of rotatable bonds is 6.